The molecule has 0 unspecified atom stereocenters. The Morgan fingerprint density at radius 2 is 1.76 bits per heavy atom. The van der Waals surface area contributed by atoms with Gasteiger partial charge in [-0.15, -0.1) is 0 Å². The number of hydrogen-bond donors (Lipinski definition) is 1. The van der Waals surface area contributed by atoms with Crippen LogP contribution in [-0.4, -0.2) is 60.1 Å². The number of aliphatic hydroxyl groups excluding tert-OH is 1. The first-order chi connectivity index (χ1) is 8.27. The summed E-state index contributed by atoms with van der Waals surface area (Å²) in [5.74, 6) is 0.224. The van der Waals surface area contributed by atoms with E-state index in [9.17, 15) is 4.79 Å². The van der Waals surface area contributed by atoms with Crippen molar-refractivity contribution in [3.8, 4) is 0 Å². The van der Waals surface area contributed by atoms with Crippen LogP contribution in [0.1, 0.15) is 39.0 Å². The summed E-state index contributed by atoms with van der Waals surface area (Å²) in [6.45, 7) is 5.84. The molecule has 0 bridgehead atoms. The van der Waals surface area contributed by atoms with E-state index in [1.807, 2.05) is 16.7 Å². The molecule has 100 valence electrons. The van der Waals surface area contributed by atoms with Crippen molar-refractivity contribution in [1.29, 1.82) is 0 Å². The Bertz CT molecular complexity index is 213. The van der Waals surface area contributed by atoms with Gasteiger partial charge in [-0.2, -0.15) is 0 Å². The highest BCUT2D eigenvalue weighted by Gasteiger charge is 2.16. The van der Waals surface area contributed by atoms with E-state index in [0.29, 0.717) is 13.1 Å². The zero-order chi connectivity index (χ0) is 12.5. The smallest absolute Gasteiger partial charge is 0.236 e. The number of nitrogens with zero attached hydrogens (tertiary/aromatic N) is 2. The first kappa shape index (κ1) is 14.5. The maximum absolute atomic E-state index is 12.1. The van der Waals surface area contributed by atoms with Gasteiger partial charge in [0.2, 0.25) is 5.91 Å². The van der Waals surface area contributed by atoms with E-state index in [1.165, 1.54) is 19.3 Å². The van der Waals surface area contributed by atoms with Crippen molar-refractivity contribution in [3.63, 3.8) is 0 Å². The third-order valence-electron chi connectivity index (χ3n) is 3.43. The fourth-order valence-corrected chi connectivity index (χ4v) is 2.28. The molecule has 0 spiro atoms. The molecule has 1 aliphatic heterocycles. The van der Waals surface area contributed by atoms with Crippen LogP contribution in [0.2, 0.25) is 0 Å². The van der Waals surface area contributed by atoms with Gasteiger partial charge in [-0.25, -0.2) is 0 Å². The van der Waals surface area contributed by atoms with Crippen LogP contribution in [0.4, 0.5) is 0 Å². The first-order valence-corrected chi connectivity index (χ1v) is 6.89. The first-order valence-electron chi connectivity index (χ1n) is 6.89. The molecule has 0 saturated carbocycles. The molecular formula is C13H26N2O2. The molecule has 4 heteroatoms. The van der Waals surface area contributed by atoms with Crippen LogP contribution in [0.3, 0.4) is 0 Å². The van der Waals surface area contributed by atoms with Crippen molar-refractivity contribution >= 4 is 5.91 Å². The van der Waals surface area contributed by atoms with Gasteiger partial charge in [0.05, 0.1) is 13.2 Å². The quantitative estimate of drug-likeness (QED) is 0.785. The zero-order valence-corrected chi connectivity index (χ0v) is 11.0. The van der Waals surface area contributed by atoms with Gasteiger partial charge in [-0.1, -0.05) is 26.2 Å². The predicted molar refractivity (Wildman–Crippen MR) is 68.9 cm³/mol. The molecule has 0 aromatic carbocycles. The van der Waals surface area contributed by atoms with Crippen molar-refractivity contribution in [2.75, 3.05) is 39.3 Å². The number of hydrogen-bond acceptors (Lipinski definition) is 3. The van der Waals surface area contributed by atoms with Gasteiger partial charge < -0.3 is 10.0 Å². The summed E-state index contributed by atoms with van der Waals surface area (Å²) in [6.07, 6.45) is 6.08. The van der Waals surface area contributed by atoms with Crippen LogP contribution in [0.25, 0.3) is 0 Å². The van der Waals surface area contributed by atoms with Crippen LogP contribution < -0.4 is 0 Å². The molecule has 1 rings (SSSR count). The highest BCUT2D eigenvalue weighted by Crippen LogP contribution is 2.10. The van der Waals surface area contributed by atoms with Crippen molar-refractivity contribution in [1.82, 2.24) is 9.80 Å². The monoisotopic (exact) mass is 242 g/mol. The number of likely N-dealkylation sites (tertiary alicyclic amines) is 1. The molecule has 0 aromatic heterocycles. The molecular weight excluding hydrogens is 216 g/mol. The molecule has 1 fully saturated rings. The normalized spacial score (nSPS) is 17.9. The van der Waals surface area contributed by atoms with E-state index < -0.39 is 0 Å². The Labute approximate surface area is 105 Å². The topological polar surface area (TPSA) is 43.8 Å². The molecule has 1 amide bonds. The van der Waals surface area contributed by atoms with Crippen LogP contribution >= 0.6 is 0 Å². The number of carbonyl (C=O) groups is 1. The Hall–Kier alpha value is -0.610. The molecule has 1 N–H and O–H groups in total. The number of rotatable bonds is 5. The molecule has 4 nitrogen and oxygen atoms in total. The lowest BCUT2D eigenvalue weighted by atomic mass is 10.1. The molecule has 1 aliphatic rings. The van der Waals surface area contributed by atoms with Gasteiger partial charge in [0.1, 0.15) is 0 Å². The van der Waals surface area contributed by atoms with Crippen LogP contribution in [0.15, 0.2) is 0 Å². The average Bonchev–Trinajstić information content (AvgIpc) is 2.27. The third kappa shape index (κ3) is 5.50. The van der Waals surface area contributed by atoms with E-state index >= 15 is 0 Å². The summed E-state index contributed by atoms with van der Waals surface area (Å²) in [5, 5.41) is 8.91. The van der Waals surface area contributed by atoms with E-state index in [0.717, 1.165) is 32.5 Å². The van der Waals surface area contributed by atoms with Crippen LogP contribution in [0.5, 0.6) is 0 Å². The maximum Gasteiger partial charge on any atom is 0.236 e. The summed E-state index contributed by atoms with van der Waals surface area (Å²) in [4.78, 5) is 16.1. The lowest BCUT2D eigenvalue weighted by molar-refractivity contribution is -0.132. The van der Waals surface area contributed by atoms with Gasteiger partial charge in [0.25, 0.3) is 0 Å². The summed E-state index contributed by atoms with van der Waals surface area (Å²) in [7, 11) is 0. The molecule has 0 aromatic rings. The molecule has 1 saturated heterocycles. The summed E-state index contributed by atoms with van der Waals surface area (Å²) >= 11 is 0. The molecule has 1 heterocycles. The van der Waals surface area contributed by atoms with Gasteiger partial charge in [-0.3, -0.25) is 9.69 Å². The average molecular weight is 242 g/mol. The van der Waals surface area contributed by atoms with E-state index in [1.54, 1.807) is 0 Å². The van der Waals surface area contributed by atoms with Gasteiger partial charge in [0.15, 0.2) is 0 Å². The second kappa shape index (κ2) is 8.48. The van der Waals surface area contributed by atoms with Crippen LogP contribution in [0, 0.1) is 0 Å². The van der Waals surface area contributed by atoms with Crippen molar-refractivity contribution < 1.29 is 9.90 Å². The minimum atomic E-state index is 0.126. The number of likely N-dealkylation sites (N-methyl/N-ethyl adjacent to an activating group) is 1. The number of aliphatic hydroxyl groups is 1. The lowest BCUT2D eigenvalue weighted by Gasteiger charge is -2.27. The lowest BCUT2D eigenvalue weighted by Crippen LogP contribution is -2.42. The van der Waals surface area contributed by atoms with Crippen molar-refractivity contribution in [2.45, 2.75) is 39.0 Å². The minimum Gasteiger partial charge on any atom is -0.395 e. The highest BCUT2D eigenvalue weighted by molar-refractivity contribution is 5.78. The fourth-order valence-electron chi connectivity index (χ4n) is 2.28. The highest BCUT2D eigenvalue weighted by atomic mass is 16.3. The van der Waals surface area contributed by atoms with E-state index in [2.05, 4.69) is 0 Å². The van der Waals surface area contributed by atoms with Gasteiger partial charge >= 0.3 is 0 Å². The zero-order valence-electron chi connectivity index (χ0n) is 11.0. The summed E-state index contributed by atoms with van der Waals surface area (Å²) < 4.78 is 0. The predicted octanol–water partition coefficient (Wildman–Crippen LogP) is 1.09. The largest absolute Gasteiger partial charge is 0.395 e. The van der Waals surface area contributed by atoms with Gasteiger partial charge in [-0.05, 0) is 19.4 Å². The standard InChI is InChI=1S/C13H26N2O2/c1-2-14(10-11-16)12-13(17)15-8-6-4-3-5-7-9-15/h16H,2-12H2,1H3. The van der Waals surface area contributed by atoms with Crippen LogP contribution in [-0.2, 0) is 4.79 Å². The number of amides is 1. The fraction of sp³-hybridized carbons (Fsp3) is 0.923. The Morgan fingerprint density at radius 3 is 2.29 bits per heavy atom. The molecule has 0 radical (unpaired) electrons. The minimum absolute atomic E-state index is 0.126. The molecule has 0 atom stereocenters. The number of carbonyl (C=O) groups excluding carboxylic acids is 1. The Kier molecular flexibility index (Phi) is 7.21. The van der Waals surface area contributed by atoms with E-state index in [4.69, 9.17) is 5.11 Å². The second-order valence-electron chi connectivity index (χ2n) is 4.74. The SMILES string of the molecule is CCN(CCO)CC(=O)N1CCCCCCC1. The maximum atomic E-state index is 12.1. The second-order valence-corrected chi connectivity index (χ2v) is 4.74. The summed E-state index contributed by atoms with van der Waals surface area (Å²) in [6, 6.07) is 0. The third-order valence-corrected chi connectivity index (χ3v) is 3.43. The Balaban J connectivity index is 2.37. The molecule has 17 heavy (non-hydrogen) atoms. The molecule has 0 aliphatic carbocycles. The van der Waals surface area contributed by atoms with E-state index in [-0.39, 0.29) is 12.5 Å². The van der Waals surface area contributed by atoms with Crippen molar-refractivity contribution in [2.24, 2.45) is 0 Å². The Morgan fingerprint density at radius 1 is 1.18 bits per heavy atom. The summed E-state index contributed by atoms with van der Waals surface area (Å²) in [5.41, 5.74) is 0. The van der Waals surface area contributed by atoms with Crippen molar-refractivity contribution in [3.05, 3.63) is 0 Å². The van der Waals surface area contributed by atoms with Gasteiger partial charge in [0, 0.05) is 19.6 Å².